The smallest absolute Gasteiger partial charge is 0.131 e. The molecule has 0 aromatic heterocycles. The molecule has 0 heterocycles. The van der Waals surface area contributed by atoms with Gasteiger partial charge >= 0.3 is 0 Å². The molecule has 0 radical (unpaired) electrons. The summed E-state index contributed by atoms with van der Waals surface area (Å²) >= 11 is 0. The SMILES string of the molecule is COc1cccc(OC)c1-c1cc(-c2ccccc2)ccc1F.Oc1cccc(O)c1-c1cc(-c2ccccc2)ccc1F. The second-order valence-corrected chi connectivity index (χ2v) is 9.83. The normalized spacial score (nSPS) is 10.5. The zero-order valence-corrected chi connectivity index (χ0v) is 24.2. The topological polar surface area (TPSA) is 58.9 Å². The molecule has 0 saturated carbocycles. The van der Waals surface area contributed by atoms with Crippen LogP contribution in [0.15, 0.2) is 133 Å². The maximum absolute atomic E-state index is 14.5. The fourth-order valence-corrected chi connectivity index (χ4v) is 4.97. The number of hydrogen-bond acceptors (Lipinski definition) is 4. The van der Waals surface area contributed by atoms with Gasteiger partial charge in [-0.05, 0) is 70.8 Å². The highest BCUT2D eigenvalue weighted by Gasteiger charge is 2.17. The zero-order chi connectivity index (χ0) is 31.1. The molecule has 6 aromatic rings. The van der Waals surface area contributed by atoms with Gasteiger partial charge in [0.15, 0.2) is 0 Å². The predicted molar refractivity (Wildman–Crippen MR) is 171 cm³/mol. The second kappa shape index (κ2) is 13.6. The molecule has 6 heteroatoms. The van der Waals surface area contributed by atoms with Crippen molar-refractivity contribution in [2.24, 2.45) is 0 Å². The number of aromatic hydroxyl groups is 2. The first-order valence-electron chi connectivity index (χ1n) is 13.8. The molecular formula is C38H30F2O4. The Morgan fingerprint density at radius 3 is 1.27 bits per heavy atom. The first-order chi connectivity index (χ1) is 21.4. The van der Waals surface area contributed by atoms with E-state index in [4.69, 9.17) is 9.47 Å². The summed E-state index contributed by atoms with van der Waals surface area (Å²) in [6, 6.07) is 38.9. The summed E-state index contributed by atoms with van der Waals surface area (Å²) in [5, 5.41) is 19.8. The standard InChI is InChI=1S/C20H17FO2.C18H13FO2/c1-22-18-9-6-10-19(23-2)20(18)16-13-15(11-12-17(16)21)14-7-4-3-5-8-14;19-15-10-9-13(12-5-2-1-3-6-12)11-14(15)18-16(20)7-4-8-17(18)21/h3-13H,1-2H3;1-11,20-21H. The number of methoxy groups -OCH3 is 2. The van der Waals surface area contributed by atoms with Crippen LogP contribution in [0.3, 0.4) is 0 Å². The van der Waals surface area contributed by atoms with E-state index < -0.39 is 5.82 Å². The van der Waals surface area contributed by atoms with Crippen molar-refractivity contribution in [2.75, 3.05) is 14.2 Å². The van der Waals surface area contributed by atoms with Crippen LogP contribution < -0.4 is 9.47 Å². The van der Waals surface area contributed by atoms with Crippen LogP contribution in [0, 0.1) is 11.6 Å². The molecule has 0 atom stereocenters. The van der Waals surface area contributed by atoms with E-state index in [1.165, 1.54) is 30.3 Å². The minimum atomic E-state index is -0.494. The van der Waals surface area contributed by atoms with Crippen molar-refractivity contribution in [3.8, 4) is 67.5 Å². The third kappa shape index (κ3) is 6.40. The van der Waals surface area contributed by atoms with Gasteiger partial charge in [-0.15, -0.1) is 0 Å². The molecule has 6 rings (SSSR count). The summed E-state index contributed by atoms with van der Waals surface area (Å²) in [5.41, 5.74) is 5.08. The number of rotatable bonds is 6. The van der Waals surface area contributed by atoms with E-state index in [0.29, 0.717) is 22.6 Å². The Labute approximate surface area is 255 Å². The Balaban J connectivity index is 0.000000175. The Hall–Kier alpha value is -5.62. The maximum atomic E-state index is 14.5. The predicted octanol–water partition coefficient (Wildman–Crippen LogP) is 9.75. The van der Waals surface area contributed by atoms with Crippen LogP contribution in [0.2, 0.25) is 0 Å². The molecule has 220 valence electrons. The zero-order valence-electron chi connectivity index (χ0n) is 24.2. The van der Waals surface area contributed by atoms with Crippen LogP contribution in [-0.2, 0) is 0 Å². The third-order valence-electron chi connectivity index (χ3n) is 7.13. The highest BCUT2D eigenvalue weighted by atomic mass is 19.1. The lowest BCUT2D eigenvalue weighted by Crippen LogP contribution is -1.95. The van der Waals surface area contributed by atoms with Gasteiger partial charge in [-0.2, -0.15) is 0 Å². The summed E-state index contributed by atoms with van der Waals surface area (Å²) in [7, 11) is 3.13. The fourth-order valence-electron chi connectivity index (χ4n) is 4.97. The summed E-state index contributed by atoms with van der Waals surface area (Å²) in [6.07, 6.45) is 0. The van der Waals surface area contributed by atoms with Crippen molar-refractivity contribution in [1.82, 2.24) is 0 Å². The van der Waals surface area contributed by atoms with Gasteiger partial charge in [-0.3, -0.25) is 0 Å². The quantitative estimate of drug-likeness (QED) is 0.203. The molecule has 2 N–H and O–H groups in total. The summed E-state index contributed by atoms with van der Waals surface area (Å²) in [5.74, 6) is 0.0408. The Bertz CT molecular complexity index is 1830. The van der Waals surface area contributed by atoms with E-state index in [9.17, 15) is 19.0 Å². The van der Waals surface area contributed by atoms with E-state index >= 15 is 0 Å². The lowest BCUT2D eigenvalue weighted by Gasteiger charge is -2.15. The monoisotopic (exact) mass is 588 g/mol. The largest absolute Gasteiger partial charge is 0.507 e. The second-order valence-electron chi connectivity index (χ2n) is 9.83. The maximum Gasteiger partial charge on any atom is 0.131 e. The van der Waals surface area contributed by atoms with E-state index in [1.54, 1.807) is 44.6 Å². The van der Waals surface area contributed by atoms with Crippen molar-refractivity contribution < 1.29 is 28.5 Å². The number of halogens is 2. The highest BCUT2D eigenvalue weighted by Crippen LogP contribution is 2.41. The van der Waals surface area contributed by atoms with E-state index in [-0.39, 0.29) is 28.4 Å². The Morgan fingerprint density at radius 2 is 0.841 bits per heavy atom. The van der Waals surface area contributed by atoms with Gasteiger partial charge in [-0.1, -0.05) is 84.9 Å². The average Bonchev–Trinajstić information content (AvgIpc) is 3.06. The van der Waals surface area contributed by atoms with Crippen LogP contribution in [0.4, 0.5) is 8.78 Å². The minimum Gasteiger partial charge on any atom is -0.507 e. The summed E-state index contributed by atoms with van der Waals surface area (Å²) < 4.78 is 39.4. The number of hydrogen-bond donors (Lipinski definition) is 2. The van der Waals surface area contributed by atoms with Gasteiger partial charge < -0.3 is 19.7 Å². The molecule has 0 unspecified atom stereocenters. The molecule has 0 aliphatic carbocycles. The Morgan fingerprint density at radius 1 is 0.432 bits per heavy atom. The number of benzene rings is 6. The first kappa shape index (κ1) is 29.9. The summed E-state index contributed by atoms with van der Waals surface area (Å²) in [6.45, 7) is 0. The number of phenols is 2. The van der Waals surface area contributed by atoms with E-state index in [2.05, 4.69) is 0 Å². The molecule has 0 bridgehead atoms. The first-order valence-corrected chi connectivity index (χ1v) is 13.8. The van der Waals surface area contributed by atoms with Crippen molar-refractivity contribution in [1.29, 1.82) is 0 Å². The molecular weight excluding hydrogens is 558 g/mol. The molecule has 0 aliphatic heterocycles. The minimum absolute atomic E-state index is 0.104. The van der Waals surface area contributed by atoms with Gasteiger partial charge in [-0.25, -0.2) is 8.78 Å². The molecule has 4 nitrogen and oxygen atoms in total. The van der Waals surface area contributed by atoms with Crippen LogP contribution >= 0.6 is 0 Å². The van der Waals surface area contributed by atoms with Crippen LogP contribution in [-0.4, -0.2) is 24.4 Å². The molecule has 44 heavy (non-hydrogen) atoms. The van der Waals surface area contributed by atoms with Gasteiger partial charge in [0.05, 0.1) is 25.3 Å². The van der Waals surface area contributed by atoms with Gasteiger partial charge in [0.2, 0.25) is 0 Å². The third-order valence-corrected chi connectivity index (χ3v) is 7.13. The van der Waals surface area contributed by atoms with Crippen LogP contribution in [0.1, 0.15) is 0 Å². The van der Waals surface area contributed by atoms with Crippen molar-refractivity contribution in [2.45, 2.75) is 0 Å². The molecule has 0 fully saturated rings. The van der Waals surface area contributed by atoms with Crippen molar-refractivity contribution in [3.63, 3.8) is 0 Å². The fraction of sp³-hybridized carbons (Fsp3) is 0.0526. The van der Waals surface area contributed by atoms with Gasteiger partial charge in [0.25, 0.3) is 0 Å². The van der Waals surface area contributed by atoms with Crippen LogP contribution in [0.5, 0.6) is 23.0 Å². The van der Waals surface area contributed by atoms with E-state index in [1.807, 2.05) is 72.8 Å². The van der Waals surface area contributed by atoms with Crippen molar-refractivity contribution >= 4 is 0 Å². The number of phenolic OH excluding ortho intramolecular Hbond substituents is 2. The van der Waals surface area contributed by atoms with Gasteiger partial charge in [0, 0.05) is 11.1 Å². The average molecular weight is 589 g/mol. The molecule has 0 spiro atoms. The highest BCUT2D eigenvalue weighted by molar-refractivity contribution is 5.82. The molecule has 0 amide bonds. The summed E-state index contributed by atoms with van der Waals surface area (Å²) in [4.78, 5) is 0. The lowest BCUT2D eigenvalue weighted by molar-refractivity contribution is 0.397. The van der Waals surface area contributed by atoms with E-state index in [0.717, 1.165) is 22.3 Å². The molecule has 0 aliphatic rings. The van der Waals surface area contributed by atoms with Crippen molar-refractivity contribution in [3.05, 3.63) is 145 Å². The molecule has 6 aromatic carbocycles. The number of ether oxygens (including phenoxy) is 2. The lowest BCUT2D eigenvalue weighted by atomic mass is 9.97. The molecule has 0 saturated heterocycles. The van der Waals surface area contributed by atoms with Crippen LogP contribution in [0.25, 0.3) is 44.5 Å². The Kier molecular flexibility index (Phi) is 9.21. The van der Waals surface area contributed by atoms with Gasteiger partial charge in [0.1, 0.15) is 34.6 Å².